The highest BCUT2D eigenvalue weighted by atomic mass is 35.5. The van der Waals surface area contributed by atoms with Gasteiger partial charge in [0.15, 0.2) is 5.69 Å². The first-order valence-corrected chi connectivity index (χ1v) is 11.8. The third-order valence-electron chi connectivity index (χ3n) is 5.24. The maximum absolute atomic E-state index is 13.7. The SMILES string of the molecule is CCCCCN(C(=O)c1sc2cc(F)ccc2c1Cl)c1c(N)n(CCCC)c(=O)[nH]c1=O. The van der Waals surface area contributed by atoms with Crippen LogP contribution in [0.25, 0.3) is 10.1 Å². The topological polar surface area (TPSA) is 101 Å². The van der Waals surface area contributed by atoms with Crippen molar-refractivity contribution in [3.05, 3.63) is 54.8 Å². The van der Waals surface area contributed by atoms with Gasteiger partial charge >= 0.3 is 5.69 Å². The van der Waals surface area contributed by atoms with Crippen LogP contribution in [0.4, 0.5) is 15.9 Å². The largest absolute Gasteiger partial charge is 0.383 e. The van der Waals surface area contributed by atoms with Gasteiger partial charge in [-0.2, -0.15) is 0 Å². The fourth-order valence-electron chi connectivity index (χ4n) is 3.51. The van der Waals surface area contributed by atoms with Crippen LogP contribution in [0.1, 0.15) is 55.6 Å². The van der Waals surface area contributed by atoms with Crippen LogP contribution in [-0.4, -0.2) is 22.0 Å². The van der Waals surface area contributed by atoms with Gasteiger partial charge < -0.3 is 5.73 Å². The van der Waals surface area contributed by atoms with E-state index in [4.69, 9.17) is 17.3 Å². The lowest BCUT2D eigenvalue weighted by Gasteiger charge is -2.24. The Bertz CT molecular complexity index is 1250. The van der Waals surface area contributed by atoms with Crippen molar-refractivity contribution in [3.63, 3.8) is 0 Å². The van der Waals surface area contributed by atoms with Crippen molar-refractivity contribution in [2.24, 2.45) is 0 Å². The number of carbonyl (C=O) groups excluding carboxylic acids is 1. The first-order valence-electron chi connectivity index (χ1n) is 10.6. The van der Waals surface area contributed by atoms with Gasteiger partial charge in [-0.15, -0.1) is 11.3 Å². The van der Waals surface area contributed by atoms with Gasteiger partial charge in [0.25, 0.3) is 11.5 Å². The van der Waals surface area contributed by atoms with Crippen LogP contribution in [0.3, 0.4) is 0 Å². The number of carbonyl (C=O) groups is 1. The summed E-state index contributed by atoms with van der Waals surface area (Å²) in [7, 11) is 0. The Morgan fingerprint density at radius 1 is 1.22 bits per heavy atom. The van der Waals surface area contributed by atoms with Crippen LogP contribution in [0.15, 0.2) is 27.8 Å². The summed E-state index contributed by atoms with van der Waals surface area (Å²) in [5.41, 5.74) is 4.84. The minimum Gasteiger partial charge on any atom is -0.383 e. The van der Waals surface area contributed by atoms with Crippen molar-refractivity contribution >= 4 is 50.4 Å². The molecule has 3 aromatic rings. The lowest BCUT2D eigenvalue weighted by atomic mass is 10.2. The Morgan fingerprint density at radius 2 is 1.94 bits per heavy atom. The summed E-state index contributed by atoms with van der Waals surface area (Å²) in [6, 6.07) is 4.12. The molecule has 1 amide bonds. The molecule has 0 aliphatic heterocycles. The van der Waals surface area contributed by atoms with Gasteiger partial charge in [0.2, 0.25) is 0 Å². The lowest BCUT2D eigenvalue weighted by molar-refractivity contribution is 0.0990. The molecule has 0 saturated carbocycles. The number of aromatic nitrogens is 2. The van der Waals surface area contributed by atoms with E-state index in [2.05, 4.69) is 4.98 Å². The van der Waals surface area contributed by atoms with Crippen LogP contribution in [0, 0.1) is 5.82 Å². The number of aromatic amines is 1. The van der Waals surface area contributed by atoms with Crippen LogP contribution in [0.2, 0.25) is 5.02 Å². The smallest absolute Gasteiger partial charge is 0.330 e. The van der Waals surface area contributed by atoms with E-state index >= 15 is 0 Å². The van der Waals surface area contributed by atoms with Gasteiger partial charge in [-0.3, -0.25) is 24.0 Å². The number of anilines is 2. The highest BCUT2D eigenvalue weighted by Crippen LogP contribution is 2.37. The molecule has 3 N–H and O–H groups in total. The number of halogens is 2. The van der Waals surface area contributed by atoms with E-state index in [-0.39, 0.29) is 27.9 Å². The number of thiophene rings is 1. The van der Waals surface area contributed by atoms with Gasteiger partial charge in [-0.05, 0) is 31.0 Å². The molecule has 0 aliphatic rings. The average molecular weight is 481 g/mol. The van der Waals surface area contributed by atoms with E-state index in [1.54, 1.807) is 0 Å². The lowest BCUT2D eigenvalue weighted by Crippen LogP contribution is -2.41. The summed E-state index contributed by atoms with van der Waals surface area (Å²) in [5.74, 6) is -0.996. The molecule has 3 rings (SSSR count). The number of amides is 1. The zero-order valence-electron chi connectivity index (χ0n) is 18.0. The number of fused-ring (bicyclic) bond motifs is 1. The third kappa shape index (κ3) is 4.73. The summed E-state index contributed by atoms with van der Waals surface area (Å²) < 4.78 is 15.5. The molecule has 1 aromatic carbocycles. The van der Waals surface area contributed by atoms with Crippen molar-refractivity contribution in [1.29, 1.82) is 0 Å². The van der Waals surface area contributed by atoms with Crippen LogP contribution in [-0.2, 0) is 6.54 Å². The molecule has 32 heavy (non-hydrogen) atoms. The van der Waals surface area contributed by atoms with E-state index in [1.807, 2.05) is 13.8 Å². The molecule has 0 saturated heterocycles. The number of nitrogens with two attached hydrogens (primary N) is 1. The average Bonchev–Trinajstić information content (AvgIpc) is 3.07. The molecule has 0 aliphatic carbocycles. The molecule has 172 valence electrons. The summed E-state index contributed by atoms with van der Waals surface area (Å²) in [6.45, 7) is 4.55. The van der Waals surface area contributed by atoms with Gasteiger partial charge in [0.05, 0.1) is 5.02 Å². The molecule has 0 spiro atoms. The highest BCUT2D eigenvalue weighted by Gasteiger charge is 2.28. The Morgan fingerprint density at radius 3 is 2.62 bits per heavy atom. The van der Waals surface area contributed by atoms with E-state index in [1.165, 1.54) is 27.7 Å². The molecule has 10 heteroatoms. The molecule has 0 bridgehead atoms. The zero-order valence-corrected chi connectivity index (χ0v) is 19.6. The predicted molar refractivity (Wildman–Crippen MR) is 129 cm³/mol. The number of unbranched alkanes of at least 4 members (excludes halogenated alkanes) is 3. The van der Waals surface area contributed by atoms with Crippen LogP contribution in [0.5, 0.6) is 0 Å². The number of hydrogen-bond acceptors (Lipinski definition) is 5. The fourth-order valence-corrected chi connectivity index (χ4v) is 5.00. The third-order valence-corrected chi connectivity index (χ3v) is 6.88. The molecule has 7 nitrogen and oxygen atoms in total. The molecule has 0 atom stereocenters. The van der Waals surface area contributed by atoms with Crippen molar-refractivity contribution in [2.45, 2.75) is 52.5 Å². The standard InChI is InChI=1S/C22H26ClFN4O3S/c1-3-5-7-11-27(17-19(25)28(10-6-4-2)22(31)26-20(17)29)21(30)18-16(23)14-9-8-13(24)12-15(14)32-18/h8-9,12H,3-7,10-11,25H2,1-2H3,(H,26,29,31). The molecule has 0 unspecified atom stereocenters. The van der Waals surface area contributed by atoms with Gasteiger partial charge in [-0.1, -0.05) is 44.7 Å². The normalized spacial score (nSPS) is 11.2. The van der Waals surface area contributed by atoms with Crippen LogP contribution >= 0.6 is 22.9 Å². The maximum atomic E-state index is 13.7. The molecule has 2 heterocycles. The number of rotatable bonds is 9. The Balaban J connectivity index is 2.14. The number of nitrogens with one attached hydrogen (secondary N) is 1. The Labute approximate surface area is 193 Å². The van der Waals surface area contributed by atoms with E-state index in [9.17, 15) is 18.8 Å². The summed E-state index contributed by atoms with van der Waals surface area (Å²) >= 11 is 7.53. The molecular formula is C22H26ClFN4O3S. The first-order chi connectivity index (χ1) is 15.3. The number of H-pyrrole nitrogens is 1. The summed E-state index contributed by atoms with van der Waals surface area (Å²) in [5, 5.41) is 0.759. The maximum Gasteiger partial charge on any atom is 0.330 e. The minimum atomic E-state index is -0.728. The van der Waals surface area contributed by atoms with Gasteiger partial charge in [0, 0.05) is 23.2 Å². The van der Waals surface area contributed by atoms with Crippen LogP contribution < -0.4 is 21.9 Å². The second-order valence-electron chi connectivity index (χ2n) is 7.55. The number of nitrogen functional groups attached to an aromatic ring is 1. The first kappa shape index (κ1) is 24.0. The van der Waals surface area contributed by atoms with E-state index < -0.39 is 23.0 Å². The minimum absolute atomic E-state index is 0.0553. The van der Waals surface area contributed by atoms with Crippen molar-refractivity contribution in [2.75, 3.05) is 17.2 Å². The van der Waals surface area contributed by atoms with Crippen molar-refractivity contribution in [1.82, 2.24) is 9.55 Å². The van der Waals surface area contributed by atoms with Crippen molar-refractivity contribution < 1.29 is 9.18 Å². The number of hydrogen-bond donors (Lipinski definition) is 2. The quantitative estimate of drug-likeness (QED) is 0.431. The number of benzene rings is 1. The number of nitrogens with zero attached hydrogens (tertiary/aromatic N) is 2. The van der Waals surface area contributed by atoms with Crippen molar-refractivity contribution in [3.8, 4) is 0 Å². The Kier molecular flexibility index (Phi) is 7.73. The highest BCUT2D eigenvalue weighted by molar-refractivity contribution is 7.21. The summed E-state index contributed by atoms with van der Waals surface area (Å²) in [6.07, 6.45) is 3.89. The Hall–Kier alpha value is -2.65. The molecular weight excluding hydrogens is 455 g/mol. The van der Waals surface area contributed by atoms with E-state index in [0.717, 1.165) is 30.6 Å². The summed E-state index contributed by atoms with van der Waals surface area (Å²) in [4.78, 5) is 42.4. The zero-order chi connectivity index (χ0) is 23.4. The fraction of sp³-hybridized carbons (Fsp3) is 0.409. The molecule has 0 radical (unpaired) electrons. The van der Waals surface area contributed by atoms with E-state index in [0.29, 0.717) is 29.5 Å². The second kappa shape index (κ2) is 10.3. The monoisotopic (exact) mass is 480 g/mol. The second-order valence-corrected chi connectivity index (χ2v) is 8.98. The molecule has 0 fully saturated rings. The van der Waals surface area contributed by atoms with Gasteiger partial charge in [0.1, 0.15) is 16.5 Å². The molecule has 2 aromatic heterocycles. The predicted octanol–water partition coefficient (Wildman–Crippen LogP) is 4.76. The van der Waals surface area contributed by atoms with Gasteiger partial charge in [-0.25, -0.2) is 9.18 Å².